The summed E-state index contributed by atoms with van der Waals surface area (Å²) in [7, 11) is 1.68. The van der Waals surface area contributed by atoms with Crippen molar-refractivity contribution in [1.29, 1.82) is 0 Å². The minimum Gasteiger partial charge on any atom is -0.508 e. The van der Waals surface area contributed by atoms with Crippen molar-refractivity contribution < 1.29 is 19.8 Å². The Morgan fingerprint density at radius 2 is 1.65 bits per heavy atom. The summed E-state index contributed by atoms with van der Waals surface area (Å²) in [4.78, 5) is 36.2. The number of carboxylic acids is 1. The van der Waals surface area contributed by atoms with Crippen LogP contribution < -0.4 is 5.32 Å². The minimum absolute atomic E-state index is 0.00900. The van der Waals surface area contributed by atoms with Crippen molar-refractivity contribution >= 4 is 52.9 Å². The zero-order valence-corrected chi connectivity index (χ0v) is 25.5. The molecule has 4 aromatic rings. The fourth-order valence-corrected chi connectivity index (χ4v) is 4.57. The van der Waals surface area contributed by atoms with E-state index in [0.29, 0.717) is 35.4 Å². The highest BCUT2D eigenvalue weighted by Gasteiger charge is 2.21. The molecule has 8 nitrogen and oxygen atoms in total. The quantitative estimate of drug-likeness (QED) is 0.0989. The number of aliphatic imine (C=N–C) groups is 1. The van der Waals surface area contributed by atoms with Crippen LogP contribution in [0.5, 0.6) is 5.75 Å². The third-order valence-electron chi connectivity index (χ3n) is 6.53. The summed E-state index contributed by atoms with van der Waals surface area (Å²) in [6, 6.07) is 20.4. The first-order valence-corrected chi connectivity index (χ1v) is 14.5. The van der Waals surface area contributed by atoms with E-state index < -0.39 is 11.9 Å². The first-order chi connectivity index (χ1) is 20.7. The number of pyridine rings is 1. The molecule has 0 saturated carbocycles. The molecular weight excluding hydrogens is 564 g/mol. The number of hydrogen-bond acceptors (Lipinski definition) is 5. The highest BCUT2D eigenvalue weighted by Crippen LogP contribution is 2.23. The number of nitrogens with zero attached hydrogens (tertiary/aromatic N) is 3. The molecule has 3 N–H and O–H groups in total. The van der Waals surface area contributed by atoms with Gasteiger partial charge in [-0.1, -0.05) is 67.9 Å². The van der Waals surface area contributed by atoms with Crippen molar-refractivity contribution in [3.8, 4) is 5.75 Å². The van der Waals surface area contributed by atoms with Gasteiger partial charge >= 0.3 is 5.97 Å². The molecule has 1 heterocycles. The molecule has 4 rings (SSSR count). The van der Waals surface area contributed by atoms with Crippen LogP contribution in [0.25, 0.3) is 23.1 Å². The summed E-state index contributed by atoms with van der Waals surface area (Å²) < 4.78 is 0. The van der Waals surface area contributed by atoms with Gasteiger partial charge in [0.05, 0.1) is 23.5 Å². The predicted molar refractivity (Wildman–Crippen MR) is 175 cm³/mol. The van der Waals surface area contributed by atoms with Crippen LogP contribution >= 0.6 is 11.6 Å². The van der Waals surface area contributed by atoms with Gasteiger partial charge in [0.25, 0.3) is 5.91 Å². The number of halogens is 1. The number of carboxylic acid groups (broad SMARTS) is 1. The Bertz CT molecular complexity index is 1590. The van der Waals surface area contributed by atoms with Crippen molar-refractivity contribution in [3.63, 3.8) is 0 Å². The van der Waals surface area contributed by atoms with Crippen molar-refractivity contribution in [2.75, 3.05) is 20.1 Å². The number of fused-ring (bicyclic) bond motifs is 1. The lowest BCUT2D eigenvalue weighted by atomic mass is 10.0. The average Bonchev–Trinajstić information content (AvgIpc) is 3.01. The normalized spacial score (nSPS) is 11.7. The van der Waals surface area contributed by atoms with Crippen molar-refractivity contribution in [1.82, 2.24) is 15.2 Å². The Balaban J connectivity index is 0.00000248. The zero-order chi connectivity index (χ0) is 31.4. The van der Waals surface area contributed by atoms with E-state index in [1.807, 2.05) is 56.0 Å². The highest BCUT2D eigenvalue weighted by atomic mass is 35.5. The van der Waals surface area contributed by atoms with Crippen molar-refractivity contribution in [3.05, 3.63) is 106 Å². The monoisotopic (exact) mass is 600 g/mol. The number of aromatic carboxylic acids is 1. The van der Waals surface area contributed by atoms with Crippen molar-refractivity contribution in [2.24, 2.45) is 4.99 Å². The van der Waals surface area contributed by atoms with Gasteiger partial charge in [0.15, 0.2) is 0 Å². The number of carbonyl (C=O) groups excluding carboxylic acids is 1. The van der Waals surface area contributed by atoms with E-state index >= 15 is 0 Å². The van der Waals surface area contributed by atoms with Gasteiger partial charge in [-0.2, -0.15) is 0 Å². The third kappa shape index (κ3) is 9.41. The Morgan fingerprint density at radius 1 is 1.00 bits per heavy atom. The molecule has 0 radical (unpaired) electrons. The van der Waals surface area contributed by atoms with Crippen LogP contribution in [0.3, 0.4) is 0 Å². The lowest BCUT2D eigenvalue weighted by Crippen LogP contribution is -2.45. The Morgan fingerprint density at radius 3 is 2.28 bits per heavy atom. The van der Waals surface area contributed by atoms with E-state index in [1.54, 1.807) is 61.9 Å². The number of aromatic nitrogens is 1. The van der Waals surface area contributed by atoms with E-state index in [-0.39, 0.29) is 23.0 Å². The number of benzene rings is 3. The summed E-state index contributed by atoms with van der Waals surface area (Å²) in [5.74, 6) is -1.47. The van der Waals surface area contributed by atoms with Crippen molar-refractivity contribution in [2.45, 2.75) is 33.2 Å². The summed E-state index contributed by atoms with van der Waals surface area (Å²) >= 11 is 5.96. The number of amides is 1. The van der Waals surface area contributed by atoms with Crippen LogP contribution in [0.15, 0.2) is 77.8 Å². The van der Waals surface area contributed by atoms with E-state index in [2.05, 4.69) is 15.3 Å². The molecule has 1 unspecified atom stereocenters. The standard InChI is InChI=1S/C32H31ClN4O4.C2H6/c1-3-37(20-34-2)19-25(16-22-8-13-26(38)14-9-22)35-31(39)30-18-28(32(40)41)27-17-23(10-15-29(27)36-30)5-4-21-6-11-24(33)12-7-21;1-2/h4-15,17-18,20,25,38H,3,16,19H2,1-2H3,(H,35,39)(H,40,41);1-2H3/b5-4+,34-20?;. The summed E-state index contributed by atoms with van der Waals surface area (Å²) in [5, 5.41) is 23.7. The molecule has 9 heteroatoms. The molecule has 3 aromatic carbocycles. The lowest BCUT2D eigenvalue weighted by molar-refractivity contribution is 0.0699. The number of likely N-dealkylation sites (N-methyl/N-ethyl adjacent to an activating group) is 1. The van der Waals surface area contributed by atoms with Gasteiger partial charge in [-0.05, 0) is 72.5 Å². The molecule has 0 aliphatic heterocycles. The van der Waals surface area contributed by atoms with Gasteiger partial charge in [0, 0.05) is 30.5 Å². The van der Waals surface area contributed by atoms with Crippen LogP contribution in [0, 0.1) is 0 Å². The Kier molecular flexibility index (Phi) is 12.3. The van der Waals surface area contributed by atoms with Crippen LogP contribution in [-0.2, 0) is 6.42 Å². The van der Waals surface area contributed by atoms with Gasteiger partial charge in [-0.25, -0.2) is 9.78 Å². The fraction of sp³-hybridized carbons (Fsp3) is 0.235. The molecule has 0 saturated heterocycles. The maximum absolute atomic E-state index is 13.4. The Hall–Kier alpha value is -4.69. The maximum atomic E-state index is 13.4. The topological polar surface area (TPSA) is 115 Å². The van der Waals surface area contributed by atoms with Crippen LogP contribution in [-0.4, -0.2) is 64.5 Å². The number of hydrogen-bond donors (Lipinski definition) is 3. The number of phenols is 1. The predicted octanol–water partition coefficient (Wildman–Crippen LogP) is 6.81. The first-order valence-electron chi connectivity index (χ1n) is 14.1. The molecule has 1 aromatic heterocycles. The second kappa shape index (κ2) is 16.1. The molecule has 224 valence electrons. The fourth-order valence-electron chi connectivity index (χ4n) is 4.45. The molecule has 43 heavy (non-hydrogen) atoms. The number of aromatic hydroxyl groups is 1. The van der Waals surface area contributed by atoms with Crippen LogP contribution in [0.2, 0.25) is 5.02 Å². The van der Waals surface area contributed by atoms with Crippen LogP contribution in [0.1, 0.15) is 58.3 Å². The minimum atomic E-state index is -1.15. The van der Waals surface area contributed by atoms with E-state index in [0.717, 1.165) is 16.7 Å². The maximum Gasteiger partial charge on any atom is 0.336 e. The number of carbonyl (C=O) groups is 2. The number of nitrogens with one attached hydrogen (secondary N) is 1. The van der Waals surface area contributed by atoms with E-state index in [9.17, 15) is 19.8 Å². The first kappa shape index (κ1) is 32.8. The van der Waals surface area contributed by atoms with Gasteiger partial charge in [0.1, 0.15) is 11.4 Å². The molecule has 0 spiro atoms. The largest absolute Gasteiger partial charge is 0.508 e. The molecule has 1 amide bonds. The molecule has 0 aliphatic carbocycles. The van der Waals surface area contributed by atoms with E-state index in [4.69, 9.17) is 11.6 Å². The molecule has 0 aliphatic rings. The SMILES string of the molecule is CC.CCN(C=NC)CC(Cc1ccc(O)cc1)NC(=O)c1cc(C(=O)O)c2cc(/C=C/c3ccc(Cl)cc3)ccc2n1. The molecular formula is C34H37ClN4O4. The summed E-state index contributed by atoms with van der Waals surface area (Å²) in [6.07, 6.45) is 5.99. The van der Waals surface area contributed by atoms with Gasteiger partial charge in [-0.3, -0.25) is 9.79 Å². The summed E-state index contributed by atoms with van der Waals surface area (Å²) in [5.41, 5.74) is 3.08. The third-order valence-corrected chi connectivity index (χ3v) is 6.78. The second-order valence-corrected chi connectivity index (χ2v) is 9.96. The van der Waals surface area contributed by atoms with Gasteiger partial charge in [0.2, 0.25) is 0 Å². The smallest absolute Gasteiger partial charge is 0.336 e. The number of phenolic OH excluding ortho intramolecular Hbond substituents is 1. The van der Waals surface area contributed by atoms with Gasteiger partial charge in [-0.15, -0.1) is 0 Å². The van der Waals surface area contributed by atoms with Crippen LogP contribution in [0.4, 0.5) is 0 Å². The zero-order valence-electron chi connectivity index (χ0n) is 24.8. The molecule has 0 fully saturated rings. The number of rotatable bonds is 11. The lowest BCUT2D eigenvalue weighted by Gasteiger charge is -2.26. The summed E-state index contributed by atoms with van der Waals surface area (Å²) in [6.45, 7) is 7.15. The average molecular weight is 601 g/mol. The van der Waals surface area contributed by atoms with E-state index in [1.165, 1.54) is 6.07 Å². The molecule has 0 bridgehead atoms. The second-order valence-electron chi connectivity index (χ2n) is 9.52. The molecule has 1 atom stereocenters. The highest BCUT2D eigenvalue weighted by molar-refractivity contribution is 6.30. The Labute approximate surface area is 257 Å². The van der Waals surface area contributed by atoms with Gasteiger partial charge < -0.3 is 20.4 Å².